The summed E-state index contributed by atoms with van der Waals surface area (Å²) in [5, 5.41) is 3.05. The van der Waals surface area contributed by atoms with E-state index in [1.165, 1.54) is 6.33 Å². The van der Waals surface area contributed by atoms with Gasteiger partial charge >= 0.3 is 11.7 Å². The number of hydrogen-bond donors (Lipinski definition) is 3. The van der Waals surface area contributed by atoms with Crippen molar-refractivity contribution in [3.05, 3.63) is 92.2 Å². The second kappa shape index (κ2) is 14.1. The van der Waals surface area contributed by atoms with E-state index in [1.54, 1.807) is 20.6 Å². The number of halogens is 2. The van der Waals surface area contributed by atoms with E-state index in [-0.39, 0.29) is 23.7 Å². The number of amides is 3. The number of rotatable bonds is 7. The molecule has 0 bridgehead atoms. The molecule has 4 N–H and O–H groups in total. The van der Waals surface area contributed by atoms with Gasteiger partial charge < -0.3 is 30.7 Å². The highest BCUT2D eigenvalue weighted by molar-refractivity contribution is 9.11. The third-order valence-electron chi connectivity index (χ3n) is 8.63. The predicted molar refractivity (Wildman–Crippen MR) is 183 cm³/mol. The number of nitrogens with one attached hydrogen (secondary N) is 2. The van der Waals surface area contributed by atoms with Gasteiger partial charge in [0, 0.05) is 73.1 Å². The third-order valence-corrected chi connectivity index (χ3v) is 9.94. The maximum atomic E-state index is 14.0. The Bertz CT molecular complexity index is 1710. The Morgan fingerprint density at radius 1 is 0.978 bits per heavy atom. The van der Waals surface area contributed by atoms with Gasteiger partial charge in [-0.15, -0.1) is 0 Å². The average Bonchev–Trinajstić information content (AvgIpc) is 3.48. The lowest BCUT2D eigenvalue weighted by atomic mass is 10.0. The SMILES string of the molecule is Nc1c(Br)cc(C[C@H](NC(=O)N2CCC(n3cc(-c4ccccc4)[nH]c3=O)CC2)C(=O)N2CCN(c3ccncn3)CC2)cc1Br. The van der Waals surface area contributed by atoms with Crippen molar-refractivity contribution >= 4 is 55.3 Å². The van der Waals surface area contributed by atoms with Crippen LogP contribution in [0.2, 0.25) is 0 Å². The van der Waals surface area contributed by atoms with E-state index in [4.69, 9.17) is 5.73 Å². The highest BCUT2D eigenvalue weighted by Gasteiger charge is 2.32. The van der Waals surface area contributed by atoms with Crippen LogP contribution in [-0.4, -0.2) is 86.6 Å². The minimum absolute atomic E-state index is 0.0293. The van der Waals surface area contributed by atoms with Gasteiger partial charge in [-0.1, -0.05) is 30.3 Å². The van der Waals surface area contributed by atoms with Crippen LogP contribution < -0.4 is 21.6 Å². The first-order chi connectivity index (χ1) is 22.3. The van der Waals surface area contributed by atoms with E-state index in [0.29, 0.717) is 73.2 Å². The molecule has 0 aliphatic carbocycles. The van der Waals surface area contributed by atoms with Crippen LogP contribution in [0.4, 0.5) is 16.3 Å². The first kappa shape index (κ1) is 31.8. The molecule has 1 atom stereocenters. The molecule has 0 saturated carbocycles. The van der Waals surface area contributed by atoms with Gasteiger partial charge in [0.05, 0.1) is 11.4 Å². The molecule has 6 rings (SSSR count). The lowest BCUT2D eigenvalue weighted by Crippen LogP contribution is -2.57. The summed E-state index contributed by atoms with van der Waals surface area (Å²) in [7, 11) is 0. The molecule has 0 radical (unpaired) electrons. The number of aromatic amines is 1. The summed E-state index contributed by atoms with van der Waals surface area (Å²) in [6.45, 7) is 3.19. The van der Waals surface area contributed by atoms with Crippen molar-refractivity contribution < 1.29 is 9.59 Å². The standard InChI is InChI=1S/C32H35Br2N9O3/c33-24-16-21(17-25(34)29(24)35)18-26(30(44)41-14-12-40(13-15-41)28-6-9-36-20-37-28)38-31(45)42-10-7-23(8-11-42)43-19-27(39-32(43)46)22-4-2-1-3-5-22/h1-6,9,16-17,19-20,23,26H,7-8,10-15,18,35H2,(H,38,45)(H,39,46)/t26-/m0/s1. The average molecular weight is 753 g/mol. The van der Waals surface area contributed by atoms with Crippen LogP contribution >= 0.6 is 31.9 Å². The van der Waals surface area contributed by atoms with E-state index in [1.807, 2.05) is 54.7 Å². The van der Waals surface area contributed by atoms with Gasteiger partial charge in [-0.3, -0.25) is 9.36 Å². The van der Waals surface area contributed by atoms with Gasteiger partial charge in [0.2, 0.25) is 5.91 Å². The number of likely N-dealkylation sites (tertiary alicyclic amines) is 1. The molecule has 3 amide bonds. The number of nitrogens with zero attached hydrogens (tertiary/aromatic N) is 6. The summed E-state index contributed by atoms with van der Waals surface area (Å²) in [4.78, 5) is 57.3. The summed E-state index contributed by atoms with van der Waals surface area (Å²) < 4.78 is 3.16. The first-order valence-corrected chi connectivity index (χ1v) is 16.8. The van der Waals surface area contributed by atoms with Crippen LogP contribution in [0.1, 0.15) is 24.4 Å². The molecule has 14 heteroatoms. The number of nitrogens with two attached hydrogens (primary N) is 1. The molecule has 12 nitrogen and oxygen atoms in total. The van der Waals surface area contributed by atoms with Gasteiger partial charge in [0.15, 0.2) is 0 Å². The summed E-state index contributed by atoms with van der Waals surface area (Å²) in [5.74, 6) is 0.687. The molecule has 0 unspecified atom stereocenters. The molecule has 4 heterocycles. The Kier molecular flexibility index (Phi) is 9.73. The number of aromatic nitrogens is 4. The normalized spacial score (nSPS) is 16.3. The summed E-state index contributed by atoms with van der Waals surface area (Å²) in [6.07, 6.45) is 6.63. The molecule has 0 spiro atoms. The smallest absolute Gasteiger partial charge is 0.326 e. The van der Waals surface area contributed by atoms with E-state index < -0.39 is 6.04 Å². The van der Waals surface area contributed by atoms with Gasteiger partial charge in [0.25, 0.3) is 0 Å². The van der Waals surface area contributed by atoms with Gasteiger partial charge in [-0.25, -0.2) is 19.6 Å². The predicted octanol–water partition coefficient (Wildman–Crippen LogP) is 4.05. The number of hydrogen-bond acceptors (Lipinski definition) is 7. The highest BCUT2D eigenvalue weighted by atomic mass is 79.9. The van der Waals surface area contributed by atoms with E-state index in [2.05, 4.69) is 57.0 Å². The van der Waals surface area contributed by atoms with Crippen molar-refractivity contribution in [3.63, 3.8) is 0 Å². The first-order valence-electron chi connectivity index (χ1n) is 15.2. The molecule has 2 aliphatic heterocycles. The van der Waals surface area contributed by atoms with Crippen LogP contribution in [0.5, 0.6) is 0 Å². The van der Waals surface area contributed by atoms with Crippen LogP contribution in [0.15, 0.2) is 81.0 Å². The lowest BCUT2D eigenvalue weighted by molar-refractivity contribution is -0.133. The van der Waals surface area contributed by atoms with E-state index >= 15 is 0 Å². The molecule has 46 heavy (non-hydrogen) atoms. The Hall–Kier alpha value is -4.17. The molecule has 2 aliphatic rings. The largest absolute Gasteiger partial charge is 0.397 e. The number of carbonyl (C=O) groups excluding carboxylic acids is 2. The molecular weight excluding hydrogens is 718 g/mol. The zero-order chi connectivity index (χ0) is 32.2. The number of imidazole rings is 1. The maximum absolute atomic E-state index is 14.0. The van der Waals surface area contributed by atoms with Crippen molar-refractivity contribution in [2.24, 2.45) is 0 Å². The van der Waals surface area contributed by atoms with Crippen molar-refractivity contribution in [1.29, 1.82) is 0 Å². The highest BCUT2D eigenvalue weighted by Crippen LogP contribution is 2.30. The van der Waals surface area contributed by atoms with Crippen LogP contribution in [0.25, 0.3) is 11.3 Å². The second-order valence-electron chi connectivity index (χ2n) is 11.5. The fraction of sp³-hybridized carbons (Fsp3) is 0.344. The number of piperidine rings is 1. The number of nitrogen functional groups attached to an aromatic ring is 1. The minimum atomic E-state index is -0.779. The summed E-state index contributed by atoms with van der Waals surface area (Å²) in [6, 6.07) is 14.2. The quantitative estimate of drug-likeness (QED) is 0.242. The summed E-state index contributed by atoms with van der Waals surface area (Å²) >= 11 is 7.00. The van der Waals surface area contributed by atoms with Crippen LogP contribution in [-0.2, 0) is 11.2 Å². The molecule has 4 aromatic rings. The minimum Gasteiger partial charge on any atom is -0.397 e. The van der Waals surface area contributed by atoms with Crippen molar-refractivity contribution in [3.8, 4) is 11.3 Å². The lowest BCUT2D eigenvalue weighted by Gasteiger charge is -2.38. The van der Waals surface area contributed by atoms with Crippen molar-refractivity contribution in [2.45, 2.75) is 31.3 Å². The van der Waals surface area contributed by atoms with Gasteiger partial charge in [-0.2, -0.15) is 0 Å². The maximum Gasteiger partial charge on any atom is 0.326 e. The number of piperazine rings is 1. The summed E-state index contributed by atoms with van der Waals surface area (Å²) in [5.41, 5.74) is 9.08. The molecule has 2 saturated heterocycles. The number of anilines is 2. The number of urea groups is 1. The van der Waals surface area contributed by atoms with Gasteiger partial charge in [-0.05, 0) is 74.0 Å². The molecule has 240 valence electrons. The van der Waals surface area contributed by atoms with E-state index in [0.717, 1.165) is 22.6 Å². The fourth-order valence-corrected chi connectivity index (χ4v) is 7.35. The Balaban J connectivity index is 1.12. The Morgan fingerprint density at radius 2 is 1.67 bits per heavy atom. The number of carbonyl (C=O) groups is 2. The molecule has 2 aromatic heterocycles. The Labute approximate surface area is 283 Å². The van der Waals surface area contributed by atoms with Crippen molar-refractivity contribution in [2.75, 3.05) is 49.9 Å². The number of benzene rings is 2. The zero-order valence-electron chi connectivity index (χ0n) is 25.1. The monoisotopic (exact) mass is 751 g/mol. The molecular formula is C32H35Br2N9O3. The van der Waals surface area contributed by atoms with Gasteiger partial charge in [0.1, 0.15) is 18.2 Å². The van der Waals surface area contributed by atoms with Crippen molar-refractivity contribution in [1.82, 2.24) is 34.6 Å². The zero-order valence-corrected chi connectivity index (χ0v) is 28.3. The molecule has 2 fully saturated rings. The van der Waals surface area contributed by atoms with Crippen LogP contribution in [0, 0.1) is 0 Å². The fourth-order valence-electron chi connectivity index (χ4n) is 6.07. The van der Waals surface area contributed by atoms with Crippen LogP contribution in [0.3, 0.4) is 0 Å². The third kappa shape index (κ3) is 7.12. The second-order valence-corrected chi connectivity index (χ2v) is 13.2. The molecule has 2 aromatic carbocycles. The topological polar surface area (TPSA) is 145 Å². The van der Waals surface area contributed by atoms with E-state index in [9.17, 15) is 14.4 Å². The Morgan fingerprint density at radius 3 is 2.33 bits per heavy atom. The number of H-pyrrole nitrogens is 1.